The van der Waals surface area contributed by atoms with Crippen LogP contribution in [-0.4, -0.2) is 62.9 Å². The van der Waals surface area contributed by atoms with E-state index in [2.05, 4.69) is 22.8 Å². The Kier molecular flexibility index (Phi) is 7.59. The fourth-order valence-electron chi connectivity index (χ4n) is 5.16. The number of aliphatic hydroxyl groups is 1. The average molecular weight is 512 g/mol. The molecule has 0 radical (unpaired) electrons. The second-order valence-electron chi connectivity index (χ2n) is 9.68. The van der Waals surface area contributed by atoms with Crippen molar-refractivity contribution >= 4 is 40.3 Å². The molecule has 3 N–H and O–H groups in total. The number of hydrogen-bond donors (Lipinski definition) is 2. The molecule has 2 aromatic carbocycles. The standard InChI is InChI=1S/C27H33N5O3.ClH/c1-17(16-33)14-32-22-9-5-4-7-18(22)12-23(32)26-29-21-11-19(13-24(35-3)25(21)30(26)2)27(34)31-10-6-8-20(28)15-31;/h4-5,7,9,11-13,17,20,33H,6,8,10,14-16,28H2,1-3H3;1H/t17-,20-;/m1./s1. The van der Waals surface area contributed by atoms with Gasteiger partial charge in [0, 0.05) is 55.8 Å². The van der Waals surface area contributed by atoms with E-state index >= 15 is 0 Å². The van der Waals surface area contributed by atoms with E-state index in [1.165, 1.54) is 0 Å². The number of carbonyl (C=O) groups is 1. The topological polar surface area (TPSA) is 98.5 Å². The van der Waals surface area contributed by atoms with E-state index in [1.807, 2.05) is 41.6 Å². The summed E-state index contributed by atoms with van der Waals surface area (Å²) in [5.41, 5.74) is 10.3. The number of piperidine rings is 1. The average Bonchev–Trinajstić information content (AvgIpc) is 3.40. The van der Waals surface area contributed by atoms with E-state index in [9.17, 15) is 9.90 Å². The molecule has 1 saturated heterocycles. The predicted octanol–water partition coefficient (Wildman–Crippen LogP) is 3.82. The monoisotopic (exact) mass is 511 g/mol. The molecule has 36 heavy (non-hydrogen) atoms. The molecule has 1 fully saturated rings. The molecule has 2 atom stereocenters. The Morgan fingerprint density at radius 3 is 2.78 bits per heavy atom. The number of benzene rings is 2. The van der Waals surface area contributed by atoms with Gasteiger partial charge in [-0.2, -0.15) is 0 Å². The van der Waals surface area contributed by atoms with Crippen LogP contribution in [-0.2, 0) is 13.6 Å². The molecule has 1 amide bonds. The SMILES string of the molecule is COc1cc(C(=O)N2CCC[C@@H](N)C2)cc2nc(-c3cc4ccccc4n3C[C@@H](C)CO)n(C)c12.Cl. The zero-order valence-corrected chi connectivity index (χ0v) is 21.8. The first-order valence-electron chi connectivity index (χ1n) is 12.2. The quantitative estimate of drug-likeness (QED) is 0.410. The number of fused-ring (bicyclic) bond motifs is 2. The number of likely N-dealkylation sites (tertiary alicyclic amines) is 1. The second-order valence-corrected chi connectivity index (χ2v) is 9.68. The number of aromatic nitrogens is 3. The maximum absolute atomic E-state index is 13.3. The van der Waals surface area contributed by atoms with Crippen LogP contribution < -0.4 is 10.5 Å². The summed E-state index contributed by atoms with van der Waals surface area (Å²) in [6.45, 7) is 4.08. The summed E-state index contributed by atoms with van der Waals surface area (Å²) in [5, 5.41) is 10.8. The Hall–Kier alpha value is -3.07. The minimum absolute atomic E-state index is 0. The number of carbonyl (C=O) groups excluding carboxylic acids is 1. The molecule has 0 unspecified atom stereocenters. The highest BCUT2D eigenvalue weighted by atomic mass is 35.5. The Morgan fingerprint density at radius 1 is 1.28 bits per heavy atom. The number of nitrogens with zero attached hydrogens (tertiary/aromatic N) is 4. The van der Waals surface area contributed by atoms with Crippen molar-refractivity contribution in [2.75, 3.05) is 26.8 Å². The highest BCUT2D eigenvalue weighted by molar-refractivity contribution is 6.00. The first-order chi connectivity index (χ1) is 16.9. The molecular weight excluding hydrogens is 478 g/mol. The molecule has 0 saturated carbocycles. The summed E-state index contributed by atoms with van der Waals surface area (Å²) < 4.78 is 9.97. The van der Waals surface area contributed by atoms with Gasteiger partial charge < -0.3 is 29.6 Å². The molecule has 4 aromatic rings. The third-order valence-electron chi connectivity index (χ3n) is 6.99. The van der Waals surface area contributed by atoms with Gasteiger partial charge in [0.1, 0.15) is 11.3 Å². The number of nitrogens with two attached hydrogens (primary N) is 1. The van der Waals surface area contributed by atoms with Crippen LogP contribution in [0.3, 0.4) is 0 Å². The number of ether oxygens (including phenoxy) is 1. The van der Waals surface area contributed by atoms with Crippen LogP contribution in [0.4, 0.5) is 0 Å². The predicted molar refractivity (Wildman–Crippen MR) is 145 cm³/mol. The second kappa shape index (κ2) is 10.5. The van der Waals surface area contributed by atoms with Gasteiger partial charge in [-0.25, -0.2) is 4.98 Å². The number of aryl methyl sites for hydroxylation is 1. The number of rotatable bonds is 6. The van der Waals surface area contributed by atoms with Crippen LogP contribution in [0.25, 0.3) is 33.5 Å². The molecule has 0 spiro atoms. The van der Waals surface area contributed by atoms with E-state index < -0.39 is 0 Å². The number of imidazole rings is 1. The zero-order chi connectivity index (χ0) is 24.7. The lowest BCUT2D eigenvalue weighted by molar-refractivity contribution is 0.0708. The third kappa shape index (κ3) is 4.56. The van der Waals surface area contributed by atoms with Gasteiger partial charge in [-0.05, 0) is 43.0 Å². The zero-order valence-electron chi connectivity index (χ0n) is 21.0. The van der Waals surface area contributed by atoms with Crippen LogP contribution in [0.15, 0.2) is 42.5 Å². The maximum Gasteiger partial charge on any atom is 0.254 e. The molecule has 192 valence electrons. The molecule has 0 bridgehead atoms. The molecule has 1 aliphatic rings. The number of methoxy groups -OCH3 is 1. The normalized spacial score (nSPS) is 16.8. The minimum Gasteiger partial charge on any atom is -0.494 e. The van der Waals surface area contributed by atoms with E-state index in [-0.39, 0.29) is 36.9 Å². The van der Waals surface area contributed by atoms with Crippen LogP contribution in [0.5, 0.6) is 5.75 Å². The van der Waals surface area contributed by atoms with Gasteiger partial charge in [-0.15, -0.1) is 12.4 Å². The van der Waals surface area contributed by atoms with Crippen molar-refractivity contribution in [3.05, 3.63) is 48.0 Å². The van der Waals surface area contributed by atoms with E-state index in [1.54, 1.807) is 13.2 Å². The molecule has 5 rings (SSSR count). The number of aliphatic hydroxyl groups excluding tert-OH is 1. The molecule has 8 nitrogen and oxygen atoms in total. The largest absolute Gasteiger partial charge is 0.494 e. The summed E-state index contributed by atoms with van der Waals surface area (Å²) in [6.07, 6.45) is 1.86. The number of amides is 1. The van der Waals surface area contributed by atoms with Crippen LogP contribution in [0.2, 0.25) is 0 Å². The van der Waals surface area contributed by atoms with Gasteiger partial charge in [-0.1, -0.05) is 25.1 Å². The van der Waals surface area contributed by atoms with Crippen molar-refractivity contribution in [1.82, 2.24) is 19.0 Å². The molecule has 2 aromatic heterocycles. The first-order valence-corrected chi connectivity index (χ1v) is 12.2. The molecule has 0 aliphatic carbocycles. The summed E-state index contributed by atoms with van der Waals surface area (Å²) in [5.74, 6) is 1.44. The number of para-hydroxylation sites is 1. The highest BCUT2D eigenvalue weighted by Gasteiger charge is 2.25. The van der Waals surface area contributed by atoms with Crippen molar-refractivity contribution in [2.24, 2.45) is 18.7 Å². The number of halogens is 1. The maximum atomic E-state index is 13.3. The lowest BCUT2D eigenvalue weighted by Crippen LogP contribution is -2.45. The van der Waals surface area contributed by atoms with Gasteiger partial charge in [-0.3, -0.25) is 4.79 Å². The Labute approximate surface area is 217 Å². The summed E-state index contributed by atoms with van der Waals surface area (Å²) in [7, 11) is 3.59. The fraction of sp³-hybridized carbons (Fsp3) is 0.407. The van der Waals surface area contributed by atoms with Gasteiger partial charge in [0.15, 0.2) is 5.82 Å². The summed E-state index contributed by atoms with van der Waals surface area (Å²) in [4.78, 5) is 20.1. The smallest absolute Gasteiger partial charge is 0.254 e. The van der Waals surface area contributed by atoms with Crippen molar-refractivity contribution in [2.45, 2.75) is 32.4 Å². The van der Waals surface area contributed by atoms with Gasteiger partial charge >= 0.3 is 0 Å². The van der Waals surface area contributed by atoms with E-state index in [0.29, 0.717) is 36.5 Å². The van der Waals surface area contributed by atoms with Crippen LogP contribution >= 0.6 is 12.4 Å². The molecule has 9 heteroatoms. The summed E-state index contributed by atoms with van der Waals surface area (Å²) >= 11 is 0. The fourth-order valence-corrected chi connectivity index (χ4v) is 5.16. The number of hydrogen-bond acceptors (Lipinski definition) is 5. The third-order valence-corrected chi connectivity index (χ3v) is 6.99. The Balaban J connectivity index is 0.00000304. The lowest BCUT2D eigenvalue weighted by Gasteiger charge is -2.30. The first kappa shape index (κ1) is 26.0. The lowest BCUT2D eigenvalue weighted by atomic mass is 10.0. The van der Waals surface area contributed by atoms with Crippen LogP contribution in [0.1, 0.15) is 30.1 Å². The van der Waals surface area contributed by atoms with E-state index in [4.69, 9.17) is 15.5 Å². The highest BCUT2D eigenvalue weighted by Crippen LogP contribution is 2.35. The van der Waals surface area contributed by atoms with Crippen molar-refractivity contribution in [1.29, 1.82) is 0 Å². The van der Waals surface area contributed by atoms with E-state index in [0.717, 1.165) is 40.8 Å². The van der Waals surface area contributed by atoms with Gasteiger partial charge in [0.2, 0.25) is 0 Å². The molecule has 3 heterocycles. The Bertz CT molecular complexity index is 1400. The summed E-state index contributed by atoms with van der Waals surface area (Å²) in [6, 6.07) is 14.0. The van der Waals surface area contributed by atoms with Gasteiger partial charge in [0.25, 0.3) is 5.91 Å². The van der Waals surface area contributed by atoms with Crippen molar-refractivity contribution < 1.29 is 14.6 Å². The Morgan fingerprint density at radius 2 is 2.06 bits per heavy atom. The molecule has 1 aliphatic heterocycles. The van der Waals surface area contributed by atoms with Crippen molar-refractivity contribution in [3.63, 3.8) is 0 Å². The van der Waals surface area contributed by atoms with Crippen molar-refractivity contribution in [3.8, 4) is 17.3 Å². The van der Waals surface area contributed by atoms with Crippen LogP contribution in [0, 0.1) is 5.92 Å². The van der Waals surface area contributed by atoms with Gasteiger partial charge in [0.05, 0.1) is 18.3 Å². The minimum atomic E-state index is -0.0431. The molecular formula is C27H34ClN5O3.